The highest BCUT2D eigenvalue weighted by molar-refractivity contribution is 6.00. The quantitative estimate of drug-likeness (QED) is 0.362. The first kappa shape index (κ1) is 28.5. The van der Waals surface area contributed by atoms with Crippen LogP contribution in [0, 0.1) is 0 Å². The highest BCUT2D eigenvalue weighted by atomic mass is 19.4. The first-order chi connectivity index (χ1) is 19.1. The largest absolute Gasteiger partial charge is 0.542 e. The van der Waals surface area contributed by atoms with Crippen LogP contribution in [-0.4, -0.2) is 51.5 Å². The van der Waals surface area contributed by atoms with E-state index in [1.54, 1.807) is 11.1 Å². The second-order valence-electron chi connectivity index (χ2n) is 9.42. The van der Waals surface area contributed by atoms with Crippen LogP contribution in [0.25, 0.3) is 10.9 Å². The van der Waals surface area contributed by atoms with Crippen molar-refractivity contribution in [3.63, 3.8) is 0 Å². The van der Waals surface area contributed by atoms with Crippen molar-refractivity contribution in [3.05, 3.63) is 101 Å². The van der Waals surface area contributed by atoms with E-state index in [2.05, 4.69) is 22.0 Å². The zero-order valence-electron chi connectivity index (χ0n) is 21.4. The second-order valence-corrected chi connectivity index (χ2v) is 9.42. The number of alkyl halides is 3. The highest BCUT2D eigenvalue weighted by Crippen LogP contribution is 2.25. The minimum atomic E-state index is -5.19. The lowest BCUT2D eigenvalue weighted by Crippen LogP contribution is -2.50. The molecule has 0 saturated carbocycles. The van der Waals surface area contributed by atoms with E-state index in [9.17, 15) is 22.8 Å². The Bertz CT molecular complexity index is 1520. The lowest BCUT2D eigenvalue weighted by Gasteiger charge is -2.35. The summed E-state index contributed by atoms with van der Waals surface area (Å²) in [6.45, 7) is 1.23. The molecule has 1 amide bonds. The Labute approximate surface area is 227 Å². The molecule has 0 radical (unpaired) electrons. The van der Waals surface area contributed by atoms with Crippen LogP contribution in [-0.2, 0) is 35.4 Å². The Kier molecular flexibility index (Phi) is 8.64. The molecule has 208 valence electrons. The van der Waals surface area contributed by atoms with Crippen LogP contribution in [0.3, 0.4) is 0 Å². The smallest absolute Gasteiger partial charge is 0.430 e. The summed E-state index contributed by atoms with van der Waals surface area (Å²) in [7, 11) is 0. The van der Waals surface area contributed by atoms with Gasteiger partial charge >= 0.3 is 6.18 Å². The van der Waals surface area contributed by atoms with Gasteiger partial charge in [-0.15, -0.1) is 0 Å². The minimum Gasteiger partial charge on any atom is -0.542 e. The molecule has 1 atom stereocenters. The van der Waals surface area contributed by atoms with E-state index in [0.29, 0.717) is 25.1 Å². The number of benzene rings is 3. The summed E-state index contributed by atoms with van der Waals surface area (Å²) >= 11 is 0. The third kappa shape index (κ3) is 6.73. The van der Waals surface area contributed by atoms with Crippen molar-refractivity contribution in [2.24, 2.45) is 0 Å². The fourth-order valence-corrected chi connectivity index (χ4v) is 4.67. The fourth-order valence-electron chi connectivity index (χ4n) is 4.67. The van der Waals surface area contributed by atoms with E-state index in [0.717, 1.165) is 39.6 Å². The molecule has 0 fully saturated rings. The van der Waals surface area contributed by atoms with Crippen LogP contribution in [0.1, 0.15) is 32.6 Å². The summed E-state index contributed by atoms with van der Waals surface area (Å²) < 4.78 is 31.5. The first-order valence-electron chi connectivity index (χ1n) is 12.6. The number of aromatic nitrogens is 2. The van der Waals surface area contributed by atoms with E-state index >= 15 is 0 Å². The highest BCUT2D eigenvalue weighted by Gasteiger charge is 2.34. The van der Waals surface area contributed by atoms with Crippen molar-refractivity contribution in [3.8, 4) is 0 Å². The number of aliphatic carboxylic acids is 1. The number of Topliss-reactive ketones (excluding diaryl/α,β-unsaturated/α-hetero) is 1. The summed E-state index contributed by atoms with van der Waals surface area (Å²) in [6.07, 6.45) is -1.91. The predicted octanol–water partition coefficient (Wildman–Crippen LogP) is 2.02. The zero-order chi connectivity index (χ0) is 28.9. The molecule has 0 aliphatic carbocycles. The summed E-state index contributed by atoms with van der Waals surface area (Å²) in [5.74, 6) is -3.02. The second kappa shape index (κ2) is 12.1. The average molecular weight is 553 g/mol. The van der Waals surface area contributed by atoms with Crippen LogP contribution in [0.2, 0.25) is 0 Å². The number of quaternary nitrogens is 1. The number of carboxylic acid groups (broad SMARTS) is 1. The number of fused-ring (bicyclic) bond motifs is 2. The molecule has 4 aromatic rings. The van der Waals surface area contributed by atoms with Crippen LogP contribution >= 0.6 is 0 Å². The summed E-state index contributed by atoms with van der Waals surface area (Å²) in [6, 6.07) is 21.2. The molecule has 2 heterocycles. The third-order valence-electron chi connectivity index (χ3n) is 6.71. The molecule has 0 bridgehead atoms. The maximum Gasteiger partial charge on any atom is 0.430 e. The van der Waals surface area contributed by atoms with Crippen molar-refractivity contribution in [2.45, 2.75) is 38.0 Å². The summed E-state index contributed by atoms with van der Waals surface area (Å²) in [4.78, 5) is 37.7. The maximum absolute atomic E-state index is 13.6. The standard InChI is InChI=1S/C27H26N4O2.C2HF3O2/c28-16-20-6-8-23-21(13-20)10-11-31(27(23)33)25(14-18-4-2-1-3-5-18)26(32)15-19-7-9-24-22(12-19)17-29-30-24;3-2(4,5)1(6)7/h1-9,12-13,17,25H,10-11,14-16,28H2,(H,29,30);(H,6,7)/t25-;/m0./s1. The predicted molar refractivity (Wildman–Crippen MR) is 138 cm³/mol. The van der Waals surface area contributed by atoms with Crippen molar-refractivity contribution in [1.82, 2.24) is 15.1 Å². The van der Waals surface area contributed by atoms with Gasteiger partial charge in [-0.25, -0.2) is 0 Å². The monoisotopic (exact) mass is 552 g/mol. The number of carbonyl (C=O) groups excluding carboxylic acids is 3. The van der Waals surface area contributed by atoms with Crippen LogP contribution < -0.4 is 10.8 Å². The van der Waals surface area contributed by atoms with Gasteiger partial charge in [0, 0.05) is 29.5 Å². The Balaban J connectivity index is 0.000000470. The Morgan fingerprint density at radius 3 is 2.40 bits per heavy atom. The number of carbonyl (C=O) groups is 3. The van der Waals surface area contributed by atoms with Crippen LogP contribution in [0.4, 0.5) is 13.2 Å². The normalized spacial score (nSPS) is 13.8. The summed E-state index contributed by atoms with van der Waals surface area (Å²) in [5, 5.41) is 16.8. The summed E-state index contributed by atoms with van der Waals surface area (Å²) in [5.41, 5.74) is 9.74. The van der Waals surface area contributed by atoms with Gasteiger partial charge in [-0.3, -0.25) is 14.7 Å². The lowest BCUT2D eigenvalue weighted by molar-refractivity contribution is -0.386. The zero-order valence-corrected chi connectivity index (χ0v) is 21.4. The SMILES string of the molecule is O=C([O-])C(F)(F)F.[NH3+]Cc1ccc2c(c1)CCN([C@@H](Cc1ccccc1)C(=O)Cc1ccc3[nH]ncc3c1)C2=O. The Morgan fingerprint density at radius 1 is 1.02 bits per heavy atom. The molecular weight excluding hydrogens is 525 g/mol. The molecule has 1 aromatic heterocycles. The number of ketones is 1. The molecular formula is C29H27F3N4O4. The number of H-pyrrole nitrogens is 1. The molecule has 5 rings (SSSR count). The van der Waals surface area contributed by atoms with E-state index in [-0.39, 0.29) is 18.1 Å². The molecule has 4 N–H and O–H groups in total. The number of aromatic amines is 1. The molecule has 0 spiro atoms. The van der Waals surface area contributed by atoms with Crippen molar-refractivity contribution in [1.29, 1.82) is 0 Å². The molecule has 0 unspecified atom stereocenters. The Morgan fingerprint density at radius 2 is 1.73 bits per heavy atom. The van der Waals surface area contributed by atoms with Gasteiger partial charge in [-0.2, -0.15) is 18.3 Å². The molecule has 3 aromatic carbocycles. The molecule has 8 nitrogen and oxygen atoms in total. The van der Waals surface area contributed by atoms with Gasteiger partial charge in [0.05, 0.1) is 24.3 Å². The van der Waals surface area contributed by atoms with Gasteiger partial charge in [0.25, 0.3) is 5.91 Å². The molecule has 1 aliphatic heterocycles. The number of hydrogen-bond donors (Lipinski definition) is 2. The first-order valence-corrected chi connectivity index (χ1v) is 12.6. The fraction of sp³-hybridized carbons (Fsp3) is 0.241. The van der Waals surface area contributed by atoms with Gasteiger partial charge in [-0.1, -0.05) is 42.5 Å². The van der Waals surface area contributed by atoms with E-state index < -0.39 is 18.2 Å². The van der Waals surface area contributed by atoms with Gasteiger partial charge < -0.3 is 20.5 Å². The number of nitrogens with one attached hydrogen (secondary N) is 1. The average Bonchev–Trinajstić information content (AvgIpc) is 3.40. The minimum absolute atomic E-state index is 0.0490. The number of halogens is 3. The number of hydrogen-bond acceptors (Lipinski definition) is 5. The number of amides is 1. The maximum atomic E-state index is 13.6. The van der Waals surface area contributed by atoms with Crippen LogP contribution in [0.5, 0.6) is 0 Å². The number of carboxylic acids is 1. The molecule has 11 heteroatoms. The van der Waals surface area contributed by atoms with Crippen molar-refractivity contribution in [2.75, 3.05) is 6.54 Å². The van der Waals surface area contributed by atoms with Crippen molar-refractivity contribution < 1.29 is 38.4 Å². The van der Waals surface area contributed by atoms with E-state index in [1.807, 2.05) is 60.7 Å². The van der Waals surface area contributed by atoms with Crippen LogP contribution in [0.15, 0.2) is 72.9 Å². The van der Waals surface area contributed by atoms with Crippen molar-refractivity contribution >= 4 is 28.6 Å². The third-order valence-corrected chi connectivity index (χ3v) is 6.71. The number of rotatable bonds is 7. The Hall–Kier alpha value is -4.51. The topological polar surface area (TPSA) is 134 Å². The number of nitrogens with zero attached hydrogens (tertiary/aromatic N) is 2. The van der Waals surface area contributed by atoms with Gasteiger partial charge in [-0.05, 0) is 53.8 Å². The van der Waals surface area contributed by atoms with Gasteiger partial charge in [0.15, 0.2) is 5.78 Å². The van der Waals surface area contributed by atoms with Gasteiger partial charge in [0.1, 0.15) is 5.97 Å². The molecule has 1 aliphatic rings. The lowest BCUT2D eigenvalue weighted by atomic mass is 9.91. The van der Waals surface area contributed by atoms with Gasteiger partial charge in [0.2, 0.25) is 0 Å². The van der Waals surface area contributed by atoms with E-state index in [1.165, 1.54) is 0 Å². The van der Waals surface area contributed by atoms with E-state index in [4.69, 9.17) is 9.90 Å². The molecule has 0 saturated heterocycles. The molecule has 40 heavy (non-hydrogen) atoms.